The zero-order chi connectivity index (χ0) is 11.6. The fraction of sp³-hybridized carbons (Fsp3) is 1.00. The van der Waals surface area contributed by atoms with Crippen molar-refractivity contribution in [1.82, 2.24) is 5.32 Å². The highest BCUT2D eigenvalue weighted by molar-refractivity contribution is 4.67. The SMILES string of the molecule is CCNC(CC)CCCOCC1CCCC1. The van der Waals surface area contributed by atoms with Gasteiger partial charge in [0.2, 0.25) is 0 Å². The van der Waals surface area contributed by atoms with Crippen LogP contribution in [0.5, 0.6) is 0 Å². The highest BCUT2D eigenvalue weighted by Crippen LogP contribution is 2.24. The molecule has 0 spiro atoms. The van der Waals surface area contributed by atoms with Crippen LogP contribution in [-0.4, -0.2) is 25.8 Å². The summed E-state index contributed by atoms with van der Waals surface area (Å²) in [6.07, 6.45) is 9.34. The standard InChI is InChI=1S/C14H29NO/c1-3-14(15-4-2)10-7-11-16-12-13-8-5-6-9-13/h13-15H,3-12H2,1-2H3. The van der Waals surface area contributed by atoms with Crippen molar-refractivity contribution in [2.75, 3.05) is 19.8 Å². The summed E-state index contributed by atoms with van der Waals surface area (Å²) in [5.41, 5.74) is 0. The third kappa shape index (κ3) is 5.86. The van der Waals surface area contributed by atoms with Crippen LogP contribution >= 0.6 is 0 Å². The molecule has 1 rings (SSSR count). The Kier molecular flexibility index (Phi) is 7.87. The Labute approximate surface area is 101 Å². The molecule has 0 heterocycles. The minimum Gasteiger partial charge on any atom is -0.381 e. The van der Waals surface area contributed by atoms with E-state index in [4.69, 9.17) is 4.74 Å². The molecule has 1 atom stereocenters. The summed E-state index contributed by atoms with van der Waals surface area (Å²) in [5.74, 6) is 0.871. The molecule has 0 radical (unpaired) electrons. The van der Waals surface area contributed by atoms with Gasteiger partial charge in [0.25, 0.3) is 0 Å². The first-order valence-corrected chi connectivity index (χ1v) is 7.18. The Morgan fingerprint density at radius 2 is 2.00 bits per heavy atom. The summed E-state index contributed by atoms with van der Waals surface area (Å²) in [5, 5.41) is 3.51. The van der Waals surface area contributed by atoms with E-state index in [1.807, 2.05) is 0 Å². The van der Waals surface area contributed by atoms with Gasteiger partial charge in [-0.2, -0.15) is 0 Å². The molecule has 2 heteroatoms. The quantitative estimate of drug-likeness (QED) is 0.610. The number of nitrogens with one attached hydrogen (secondary N) is 1. The largest absolute Gasteiger partial charge is 0.381 e. The molecule has 1 aliphatic rings. The van der Waals surface area contributed by atoms with Crippen LogP contribution in [-0.2, 0) is 4.74 Å². The molecule has 16 heavy (non-hydrogen) atoms. The van der Waals surface area contributed by atoms with Gasteiger partial charge in [0.05, 0.1) is 0 Å². The van der Waals surface area contributed by atoms with Gasteiger partial charge in [0.15, 0.2) is 0 Å². The molecule has 0 saturated heterocycles. The van der Waals surface area contributed by atoms with Gasteiger partial charge in [0, 0.05) is 19.3 Å². The molecule has 0 aromatic carbocycles. The molecule has 0 aliphatic heterocycles. The predicted octanol–water partition coefficient (Wildman–Crippen LogP) is 3.36. The first-order chi connectivity index (χ1) is 7.86. The molecule has 1 saturated carbocycles. The maximum atomic E-state index is 5.76. The van der Waals surface area contributed by atoms with Gasteiger partial charge in [-0.15, -0.1) is 0 Å². The van der Waals surface area contributed by atoms with Crippen molar-refractivity contribution in [1.29, 1.82) is 0 Å². The van der Waals surface area contributed by atoms with Crippen LogP contribution in [0.25, 0.3) is 0 Å². The predicted molar refractivity (Wildman–Crippen MR) is 69.8 cm³/mol. The summed E-state index contributed by atoms with van der Waals surface area (Å²) in [7, 11) is 0. The first-order valence-electron chi connectivity index (χ1n) is 7.18. The van der Waals surface area contributed by atoms with Crippen molar-refractivity contribution in [3.63, 3.8) is 0 Å². The minimum absolute atomic E-state index is 0.695. The number of hydrogen-bond donors (Lipinski definition) is 1. The Morgan fingerprint density at radius 1 is 1.25 bits per heavy atom. The molecular weight excluding hydrogens is 198 g/mol. The molecule has 2 nitrogen and oxygen atoms in total. The molecule has 0 bridgehead atoms. The smallest absolute Gasteiger partial charge is 0.0494 e. The van der Waals surface area contributed by atoms with Crippen LogP contribution in [0.15, 0.2) is 0 Å². The minimum atomic E-state index is 0.695. The third-order valence-corrected chi connectivity index (χ3v) is 3.66. The number of rotatable bonds is 9. The second kappa shape index (κ2) is 9.00. The zero-order valence-corrected chi connectivity index (χ0v) is 11.1. The van der Waals surface area contributed by atoms with Gasteiger partial charge in [-0.1, -0.05) is 26.7 Å². The Hall–Kier alpha value is -0.0800. The van der Waals surface area contributed by atoms with Crippen LogP contribution in [0.3, 0.4) is 0 Å². The molecule has 0 amide bonds. The molecule has 1 aliphatic carbocycles. The van der Waals surface area contributed by atoms with E-state index < -0.39 is 0 Å². The van der Waals surface area contributed by atoms with E-state index in [1.165, 1.54) is 44.9 Å². The van der Waals surface area contributed by atoms with Gasteiger partial charge >= 0.3 is 0 Å². The molecular formula is C14H29NO. The summed E-state index contributed by atoms with van der Waals surface area (Å²) in [4.78, 5) is 0. The third-order valence-electron chi connectivity index (χ3n) is 3.66. The van der Waals surface area contributed by atoms with Crippen molar-refractivity contribution >= 4 is 0 Å². The average Bonchev–Trinajstić information content (AvgIpc) is 2.80. The molecule has 0 aromatic heterocycles. The van der Waals surface area contributed by atoms with Crippen LogP contribution in [0.4, 0.5) is 0 Å². The monoisotopic (exact) mass is 227 g/mol. The lowest BCUT2D eigenvalue weighted by Gasteiger charge is -2.16. The molecule has 1 fully saturated rings. The van der Waals surface area contributed by atoms with E-state index in [0.717, 1.165) is 25.7 Å². The van der Waals surface area contributed by atoms with Gasteiger partial charge in [-0.05, 0) is 44.6 Å². The van der Waals surface area contributed by atoms with Crippen LogP contribution in [0, 0.1) is 5.92 Å². The lowest BCUT2D eigenvalue weighted by Crippen LogP contribution is -2.28. The van der Waals surface area contributed by atoms with Crippen LogP contribution < -0.4 is 5.32 Å². The Morgan fingerprint density at radius 3 is 2.62 bits per heavy atom. The van der Waals surface area contributed by atoms with Crippen molar-refractivity contribution in [2.45, 2.75) is 64.8 Å². The molecule has 1 unspecified atom stereocenters. The molecule has 0 aromatic rings. The van der Waals surface area contributed by atoms with E-state index in [1.54, 1.807) is 0 Å². The summed E-state index contributed by atoms with van der Waals surface area (Å²) >= 11 is 0. The van der Waals surface area contributed by atoms with Gasteiger partial charge in [-0.3, -0.25) is 0 Å². The van der Waals surface area contributed by atoms with E-state index >= 15 is 0 Å². The highest BCUT2D eigenvalue weighted by atomic mass is 16.5. The zero-order valence-electron chi connectivity index (χ0n) is 11.1. The highest BCUT2D eigenvalue weighted by Gasteiger charge is 2.14. The lowest BCUT2D eigenvalue weighted by atomic mass is 10.1. The van der Waals surface area contributed by atoms with Crippen molar-refractivity contribution in [3.05, 3.63) is 0 Å². The fourth-order valence-corrected chi connectivity index (χ4v) is 2.60. The van der Waals surface area contributed by atoms with E-state index in [-0.39, 0.29) is 0 Å². The van der Waals surface area contributed by atoms with Crippen molar-refractivity contribution < 1.29 is 4.74 Å². The first kappa shape index (κ1) is 14.0. The number of hydrogen-bond acceptors (Lipinski definition) is 2. The van der Waals surface area contributed by atoms with Gasteiger partial charge in [-0.25, -0.2) is 0 Å². The molecule has 1 N–H and O–H groups in total. The summed E-state index contributed by atoms with van der Waals surface area (Å²) in [6.45, 7) is 7.49. The van der Waals surface area contributed by atoms with E-state index in [0.29, 0.717) is 6.04 Å². The second-order valence-electron chi connectivity index (χ2n) is 5.03. The summed E-state index contributed by atoms with van der Waals surface area (Å²) in [6, 6.07) is 0.695. The van der Waals surface area contributed by atoms with Gasteiger partial charge < -0.3 is 10.1 Å². The van der Waals surface area contributed by atoms with E-state index in [9.17, 15) is 0 Å². The fourth-order valence-electron chi connectivity index (χ4n) is 2.60. The Balaban J connectivity index is 1.89. The van der Waals surface area contributed by atoms with E-state index in [2.05, 4.69) is 19.2 Å². The van der Waals surface area contributed by atoms with Crippen molar-refractivity contribution in [3.8, 4) is 0 Å². The lowest BCUT2D eigenvalue weighted by molar-refractivity contribution is 0.0965. The second-order valence-corrected chi connectivity index (χ2v) is 5.03. The maximum absolute atomic E-state index is 5.76. The maximum Gasteiger partial charge on any atom is 0.0494 e. The Bertz CT molecular complexity index is 155. The van der Waals surface area contributed by atoms with Gasteiger partial charge in [0.1, 0.15) is 0 Å². The summed E-state index contributed by atoms with van der Waals surface area (Å²) < 4.78 is 5.76. The average molecular weight is 227 g/mol. The topological polar surface area (TPSA) is 21.3 Å². The van der Waals surface area contributed by atoms with Crippen LogP contribution in [0.1, 0.15) is 58.8 Å². The van der Waals surface area contributed by atoms with Crippen LogP contribution in [0.2, 0.25) is 0 Å². The molecule has 96 valence electrons. The number of ether oxygens (including phenoxy) is 1. The van der Waals surface area contributed by atoms with Crippen molar-refractivity contribution in [2.24, 2.45) is 5.92 Å². The normalized spacial score (nSPS) is 19.1.